The Balaban J connectivity index is 1.81. The largest absolute Gasteiger partial charge is 0.420 e. The van der Waals surface area contributed by atoms with Gasteiger partial charge in [0.2, 0.25) is 11.8 Å². The zero-order chi connectivity index (χ0) is 14.8. The first-order chi connectivity index (χ1) is 10.1. The van der Waals surface area contributed by atoms with Crippen molar-refractivity contribution in [1.82, 2.24) is 14.8 Å². The monoisotopic (exact) mass is 289 g/mol. The van der Waals surface area contributed by atoms with Crippen LogP contribution in [0.5, 0.6) is 0 Å². The van der Waals surface area contributed by atoms with E-state index in [1.54, 1.807) is 29.2 Å². The van der Waals surface area contributed by atoms with Crippen molar-refractivity contribution in [3.8, 4) is 0 Å². The number of fused-ring (bicyclic) bond motifs is 1. The number of rotatable bonds is 2. The number of benzene rings is 1. The Morgan fingerprint density at radius 3 is 2.90 bits per heavy atom. The fraction of sp³-hybridized carbons (Fsp3) is 0.357. The molecule has 0 unspecified atom stereocenters. The first-order valence-electron chi connectivity index (χ1n) is 6.78. The molecule has 0 aliphatic carbocycles. The summed E-state index contributed by atoms with van der Waals surface area (Å²) < 4.78 is 6.42. The maximum atomic E-state index is 12.3. The molecule has 3 rings (SSSR count). The SMILES string of the molecule is O=C1CCN(C(=O)Cn2c(=O)oc3ccccc32)CCN1. The number of hydrogen-bond donors (Lipinski definition) is 1. The van der Waals surface area contributed by atoms with Gasteiger partial charge in [0.15, 0.2) is 5.58 Å². The number of nitrogens with zero attached hydrogens (tertiary/aromatic N) is 2. The number of carbonyl (C=O) groups excluding carboxylic acids is 2. The standard InChI is InChI=1S/C14H15N3O4/c18-12-5-7-16(8-6-15-12)13(19)9-17-10-3-1-2-4-11(10)21-14(17)20/h1-4H,5-9H2,(H,15,18). The highest BCUT2D eigenvalue weighted by Crippen LogP contribution is 2.12. The summed E-state index contributed by atoms with van der Waals surface area (Å²) in [7, 11) is 0. The van der Waals surface area contributed by atoms with E-state index in [1.165, 1.54) is 4.57 Å². The fourth-order valence-corrected chi connectivity index (χ4v) is 2.42. The molecule has 1 N–H and O–H groups in total. The van der Waals surface area contributed by atoms with Gasteiger partial charge in [-0.1, -0.05) is 12.1 Å². The van der Waals surface area contributed by atoms with Crippen molar-refractivity contribution >= 4 is 22.9 Å². The van der Waals surface area contributed by atoms with Crippen LogP contribution in [-0.4, -0.2) is 40.9 Å². The molecule has 2 aromatic rings. The van der Waals surface area contributed by atoms with Crippen LogP contribution in [0.25, 0.3) is 11.1 Å². The Labute approximate surface area is 120 Å². The van der Waals surface area contributed by atoms with Crippen LogP contribution in [0.15, 0.2) is 33.5 Å². The average Bonchev–Trinajstić information content (AvgIpc) is 2.64. The quantitative estimate of drug-likeness (QED) is 0.839. The van der Waals surface area contributed by atoms with Crippen molar-refractivity contribution in [3.05, 3.63) is 34.8 Å². The molecule has 2 amide bonds. The Hall–Kier alpha value is -2.57. The molecule has 21 heavy (non-hydrogen) atoms. The molecule has 0 saturated carbocycles. The van der Waals surface area contributed by atoms with E-state index in [0.717, 1.165) is 0 Å². The second kappa shape index (κ2) is 5.43. The second-order valence-electron chi connectivity index (χ2n) is 4.90. The first-order valence-corrected chi connectivity index (χ1v) is 6.78. The summed E-state index contributed by atoms with van der Waals surface area (Å²) in [6.07, 6.45) is 0.284. The molecule has 1 aliphatic heterocycles. The Morgan fingerprint density at radius 1 is 1.24 bits per heavy atom. The molecule has 0 radical (unpaired) electrons. The number of nitrogens with one attached hydrogen (secondary N) is 1. The zero-order valence-corrected chi connectivity index (χ0v) is 11.4. The topological polar surface area (TPSA) is 84.6 Å². The molecular formula is C14H15N3O4. The van der Waals surface area contributed by atoms with E-state index in [-0.39, 0.29) is 24.8 Å². The molecule has 1 aromatic heterocycles. The summed E-state index contributed by atoms with van der Waals surface area (Å²) in [5, 5.41) is 2.71. The molecule has 1 aliphatic rings. The summed E-state index contributed by atoms with van der Waals surface area (Å²) in [4.78, 5) is 37.0. The molecule has 1 aromatic carbocycles. The van der Waals surface area contributed by atoms with Crippen molar-refractivity contribution in [2.75, 3.05) is 19.6 Å². The van der Waals surface area contributed by atoms with Gasteiger partial charge < -0.3 is 14.6 Å². The molecule has 0 atom stereocenters. The third-order valence-electron chi connectivity index (χ3n) is 3.53. The third-order valence-corrected chi connectivity index (χ3v) is 3.53. The first kappa shape index (κ1) is 13.4. The fourth-order valence-electron chi connectivity index (χ4n) is 2.42. The molecule has 7 heteroatoms. The number of hydrogen-bond acceptors (Lipinski definition) is 4. The lowest BCUT2D eigenvalue weighted by atomic mass is 10.3. The minimum Gasteiger partial charge on any atom is -0.408 e. The number of para-hydroxylation sites is 2. The van der Waals surface area contributed by atoms with Gasteiger partial charge in [-0.25, -0.2) is 4.79 Å². The smallest absolute Gasteiger partial charge is 0.408 e. The lowest BCUT2D eigenvalue weighted by Gasteiger charge is -2.19. The minimum absolute atomic E-state index is 0.0590. The third kappa shape index (κ3) is 2.67. The maximum absolute atomic E-state index is 12.3. The molecule has 1 saturated heterocycles. The predicted molar refractivity (Wildman–Crippen MR) is 74.7 cm³/mol. The summed E-state index contributed by atoms with van der Waals surface area (Å²) in [6.45, 7) is 1.18. The van der Waals surface area contributed by atoms with Crippen LogP contribution in [0.2, 0.25) is 0 Å². The van der Waals surface area contributed by atoms with E-state index in [2.05, 4.69) is 5.32 Å². The van der Waals surface area contributed by atoms with Gasteiger partial charge in [-0.15, -0.1) is 0 Å². The van der Waals surface area contributed by atoms with Gasteiger partial charge in [0.25, 0.3) is 0 Å². The highest BCUT2D eigenvalue weighted by Gasteiger charge is 2.20. The lowest BCUT2D eigenvalue weighted by Crippen LogP contribution is -2.37. The molecule has 7 nitrogen and oxygen atoms in total. The van der Waals surface area contributed by atoms with E-state index < -0.39 is 5.76 Å². The lowest BCUT2D eigenvalue weighted by molar-refractivity contribution is -0.131. The Kier molecular flexibility index (Phi) is 3.47. The normalized spacial score (nSPS) is 15.8. The summed E-state index contributed by atoms with van der Waals surface area (Å²) in [5.74, 6) is -0.801. The Morgan fingerprint density at radius 2 is 2.05 bits per heavy atom. The molecule has 110 valence electrons. The second-order valence-corrected chi connectivity index (χ2v) is 4.90. The predicted octanol–water partition coefficient (Wildman–Crippen LogP) is -0.0570. The highest BCUT2D eigenvalue weighted by molar-refractivity contribution is 5.81. The number of amides is 2. The zero-order valence-electron chi connectivity index (χ0n) is 11.4. The van der Waals surface area contributed by atoms with Crippen molar-refractivity contribution in [3.63, 3.8) is 0 Å². The number of carbonyl (C=O) groups is 2. The van der Waals surface area contributed by atoms with Gasteiger partial charge in [-0.05, 0) is 12.1 Å². The van der Waals surface area contributed by atoms with Crippen molar-refractivity contribution < 1.29 is 14.0 Å². The van der Waals surface area contributed by atoms with E-state index in [4.69, 9.17) is 4.42 Å². The number of aromatic nitrogens is 1. The van der Waals surface area contributed by atoms with Crippen LogP contribution in [-0.2, 0) is 16.1 Å². The van der Waals surface area contributed by atoms with Gasteiger partial charge in [0.05, 0.1) is 5.52 Å². The minimum atomic E-state index is -0.548. The van der Waals surface area contributed by atoms with E-state index in [1.807, 2.05) is 0 Å². The van der Waals surface area contributed by atoms with Gasteiger partial charge in [-0.2, -0.15) is 0 Å². The molecule has 2 heterocycles. The van der Waals surface area contributed by atoms with E-state index >= 15 is 0 Å². The van der Waals surface area contributed by atoms with Crippen LogP contribution in [0.3, 0.4) is 0 Å². The van der Waals surface area contributed by atoms with Gasteiger partial charge in [-0.3, -0.25) is 14.2 Å². The van der Waals surface area contributed by atoms with Crippen LogP contribution in [0.1, 0.15) is 6.42 Å². The van der Waals surface area contributed by atoms with Crippen molar-refractivity contribution in [2.45, 2.75) is 13.0 Å². The summed E-state index contributed by atoms with van der Waals surface area (Å²) in [6, 6.07) is 6.98. The average molecular weight is 289 g/mol. The van der Waals surface area contributed by atoms with Gasteiger partial charge >= 0.3 is 5.76 Å². The molecule has 1 fully saturated rings. The maximum Gasteiger partial charge on any atom is 0.420 e. The molecule has 0 bridgehead atoms. The Bertz CT molecular complexity index is 746. The van der Waals surface area contributed by atoms with Gasteiger partial charge in [0.1, 0.15) is 6.54 Å². The van der Waals surface area contributed by atoms with Crippen molar-refractivity contribution in [2.24, 2.45) is 0 Å². The van der Waals surface area contributed by atoms with Crippen molar-refractivity contribution in [1.29, 1.82) is 0 Å². The number of oxazole rings is 1. The van der Waals surface area contributed by atoms with E-state index in [0.29, 0.717) is 30.7 Å². The highest BCUT2D eigenvalue weighted by atomic mass is 16.4. The van der Waals surface area contributed by atoms with Crippen LogP contribution in [0.4, 0.5) is 0 Å². The molecule has 0 spiro atoms. The van der Waals surface area contributed by atoms with E-state index in [9.17, 15) is 14.4 Å². The van der Waals surface area contributed by atoms with Crippen LogP contribution >= 0.6 is 0 Å². The van der Waals surface area contributed by atoms with Crippen LogP contribution < -0.4 is 11.1 Å². The summed E-state index contributed by atoms with van der Waals surface area (Å²) in [5.41, 5.74) is 1.06. The van der Waals surface area contributed by atoms with Gasteiger partial charge in [0, 0.05) is 26.1 Å². The summed E-state index contributed by atoms with van der Waals surface area (Å²) >= 11 is 0. The van der Waals surface area contributed by atoms with Crippen LogP contribution in [0, 0.1) is 0 Å². The molecular weight excluding hydrogens is 274 g/mol.